The zero-order valence-electron chi connectivity index (χ0n) is 8.67. The maximum atomic E-state index is 9.83. The largest absolute Gasteiger partial charge is 0.508 e. The number of phenols is 1. The highest BCUT2D eigenvalue weighted by molar-refractivity contribution is 6.42. The van der Waals surface area contributed by atoms with Gasteiger partial charge < -0.3 is 10.2 Å². The molecule has 0 saturated carbocycles. The van der Waals surface area contributed by atoms with Crippen LogP contribution >= 0.6 is 23.2 Å². The van der Waals surface area contributed by atoms with Crippen LogP contribution in [-0.2, 0) is 0 Å². The summed E-state index contributed by atoms with van der Waals surface area (Å²) in [5, 5.41) is 20.0. The third-order valence-electron chi connectivity index (χ3n) is 2.12. The van der Waals surface area contributed by atoms with Crippen molar-refractivity contribution in [2.24, 2.45) is 5.92 Å². The Labute approximate surface area is 99.5 Å². The first-order valence-electron chi connectivity index (χ1n) is 4.77. The highest BCUT2D eigenvalue weighted by Crippen LogP contribution is 2.35. The molecular formula is C11H14Cl2O2. The summed E-state index contributed by atoms with van der Waals surface area (Å²) in [4.78, 5) is 0. The summed E-state index contributed by atoms with van der Waals surface area (Å²) >= 11 is 11.5. The van der Waals surface area contributed by atoms with Crippen molar-refractivity contribution in [3.8, 4) is 5.75 Å². The predicted octanol–water partition coefficient (Wildman–Crippen LogP) is 3.78. The molecule has 0 aromatic heterocycles. The molecule has 0 radical (unpaired) electrons. The van der Waals surface area contributed by atoms with E-state index in [0.29, 0.717) is 22.9 Å². The molecule has 0 amide bonds. The minimum absolute atomic E-state index is 0.0162. The molecule has 0 saturated heterocycles. The number of phenolic OH excluding ortho intramolecular Hbond substituents is 1. The predicted molar refractivity (Wildman–Crippen MR) is 62.5 cm³/mol. The molecule has 4 heteroatoms. The molecule has 2 N–H and O–H groups in total. The highest BCUT2D eigenvalue weighted by atomic mass is 35.5. The Kier molecular flexibility index (Phi) is 4.26. The van der Waals surface area contributed by atoms with E-state index < -0.39 is 6.10 Å². The SMILES string of the molecule is CC(C)CC(O)c1cc(Cl)c(Cl)cc1O. The Morgan fingerprint density at radius 1 is 1.20 bits per heavy atom. The van der Waals surface area contributed by atoms with E-state index in [1.54, 1.807) is 0 Å². The second-order valence-corrected chi connectivity index (χ2v) is 4.78. The second kappa shape index (κ2) is 5.06. The third kappa shape index (κ3) is 3.26. The van der Waals surface area contributed by atoms with Gasteiger partial charge in [-0.05, 0) is 18.4 Å². The highest BCUT2D eigenvalue weighted by Gasteiger charge is 2.15. The molecule has 84 valence electrons. The molecule has 0 spiro atoms. The molecule has 1 atom stereocenters. The summed E-state index contributed by atoms with van der Waals surface area (Å²) in [5.41, 5.74) is 0.429. The Bertz CT molecular complexity index is 351. The van der Waals surface area contributed by atoms with Gasteiger partial charge in [-0.25, -0.2) is 0 Å². The molecule has 0 aliphatic heterocycles. The van der Waals surface area contributed by atoms with E-state index in [-0.39, 0.29) is 10.8 Å². The molecule has 2 nitrogen and oxygen atoms in total. The van der Waals surface area contributed by atoms with Gasteiger partial charge in [0.05, 0.1) is 16.1 Å². The lowest BCUT2D eigenvalue weighted by Crippen LogP contribution is -2.02. The van der Waals surface area contributed by atoms with Crippen LogP contribution in [0.3, 0.4) is 0 Å². The average molecular weight is 249 g/mol. The van der Waals surface area contributed by atoms with Crippen molar-refractivity contribution in [2.75, 3.05) is 0 Å². The average Bonchev–Trinajstić information content (AvgIpc) is 2.09. The van der Waals surface area contributed by atoms with Gasteiger partial charge in [0.1, 0.15) is 5.75 Å². The maximum Gasteiger partial charge on any atom is 0.122 e. The minimum atomic E-state index is -0.709. The maximum absolute atomic E-state index is 9.83. The van der Waals surface area contributed by atoms with Gasteiger partial charge >= 0.3 is 0 Å². The van der Waals surface area contributed by atoms with Crippen molar-refractivity contribution in [3.63, 3.8) is 0 Å². The van der Waals surface area contributed by atoms with Crippen LogP contribution in [0.25, 0.3) is 0 Å². The summed E-state index contributed by atoms with van der Waals surface area (Å²) in [6, 6.07) is 2.86. The van der Waals surface area contributed by atoms with Crippen LogP contribution < -0.4 is 0 Å². The number of benzene rings is 1. The molecule has 1 unspecified atom stereocenters. The molecule has 15 heavy (non-hydrogen) atoms. The zero-order chi connectivity index (χ0) is 11.6. The summed E-state index contributed by atoms with van der Waals surface area (Å²) in [6.45, 7) is 4.00. The monoisotopic (exact) mass is 248 g/mol. The van der Waals surface area contributed by atoms with Crippen molar-refractivity contribution in [2.45, 2.75) is 26.4 Å². The quantitative estimate of drug-likeness (QED) is 0.855. The van der Waals surface area contributed by atoms with E-state index in [9.17, 15) is 10.2 Å². The minimum Gasteiger partial charge on any atom is -0.508 e. The second-order valence-electron chi connectivity index (χ2n) is 3.97. The lowest BCUT2D eigenvalue weighted by molar-refractivity contribution is 0.148. The number of hydrogen-bond donors (Lipinski definition) is 2. The zero-order valence-corrected chi connectivity index (χ0v) is 10.2. The van der Waals surface area contributed by atoms with Crippen molar-refractivity contribution in [3.05, 3.63) is 27.7 Å². The van der Waals surface area contributed by atoms with Crippen LogP contribution in [0.15, 0.2) is 12.1 Å². The molecular weight excluding hydrogens is 235 g/mol. The van der Waals surface area contributed by atoms with Crippen LogP contribution in [0.5, 0.6) is 5.75 Å². The Morgan fingerprint density at radius 3 is 2.27 bits per heavy atom. The van der Waals surface area contributed by atoms with E-state index in [0.717, 1.165) is 0 Å². The summed E-state index contributed by atoms with van der Waals surface area (Å²) < 4.78 is 0. The first-order valence-corrected chi connectivity index (χ1v) is 5.53. The number of aromatic hydroxyl groups is 1. The fourth-order valence-corrected chi connectivity index (χ4v) is 1.72. The van der Waals surface area contributed by atoms with E-state index in [4.69, 9.17) is 23.2 Å². The molecule has 1 rings (SSSR count). The van der Waals surface area contributed by atoms with Crippen LogP contribution in [0.2, 0.25) is 10.0 Å². The first kappa shape index (κ1) is 12.6. The molecule has 0 heterocycles. The van der Waals surface area contributed by atoms with Crippen molar-refractivity contribution in [1.29, 1.82) is 0 Å². The molecule has 0 bridgehead atoms. The Hall–Kier alpha value is -0.440. The molecule has 0 aliphatic rings. The number of rotatable bonds is 3. The van der Waals surface area contributed by atoms with Crippen molar-refractivity contribution < 1.29 is 10.2 Å². The summed E-state index contributed by atoms with van der Waals surface area (Å²) in [5.74, 6) is 0.325. The first-order chi connectivity index (χ1) is 6.91. The lowest BCUT2D eigenvalue weighted by atomic mass is 9.99. The molecule has 1 aromatic rings. The van der Waals surface area contributed by atoms with Gasteiger partial charge in [0.2, 0.25) is 0 Å². The fraction of sp³-hybridized carbons (Fsp3) is 0.455. The van der Waals surface area contributed by atoms with E-state index >= 15 is 0 Å². The van der Waals surface area contributed by atoms with Crippen molar-refractivity contribution in [1.82, 2.24) is 0 Å². The van der Waals surface area contributed by atoms with Gasteiger partial charge in [0, 0.05) is 11.6 Å². The Balaban J connectivity index is 2.98. The van der Waals surface area contributed by atoms with Gasteiger partial charge in [0.15, 0.2) is 0 Å². The summed E-state index contributed by atoms with van der Waals surface area (Å²) in [6.07, 6.45) is -0.134. The van der Waals surface area contributed by atoms with Gasteiger partial charge in [-0.2, -0.15) is 0 Å². The number of aliphatic hydroxyl groups excluding tert-OH is 1. The Morgan fingerprint density at radius 2 is 1.73 bits per heavy atom. The van der Waals surface area contributed by atoms with Crippen LogP contribution in [0.1, 0.15) is 31.9 Å². The normalized spacial score (nSPS) is 13.2. The number of halogens is 2. The van der Waals surface area contributed by atoms with Gasteiger partial charge in [-0.1, -0.05) is 37.0 Å². The molecule has 1 aromatic carbocycles. The van der Waals surface area contributed by atoms with Gasteiger partial charge in [0.25, 0.3) is 0 Å². The number of aliphatic hydroxyl groups is 1. The van der Waals surface area contributed by atoms with E-state index in [2.05, 4.69) is 0 Å². The molecule has 0 fully saturated rings. The third-order valence-corrected chi connectivity index (χ3v) is 2.85. The van der Waals surface area contributed by atoms with Crippen molar-refractivity contribution >= 4 is 23.2 Å². The van der Waals surface area contributed by atoms with Gasteiger partial charge in [-0.15, -0.1) is 0 Å². The van der Waals surface area contributed by atoms with E-state index in [1.807, 2.05) is 13.8 Å². The standard InChI is InChI=1S/C11H14Cl2O2/c1-6(2)3-10(14)7-4-8(12)9(13)5-11(7)15/h4-6,10,14-15H,3H2,1-2H3. The fourth-order valence-electron chi connectivity index (χ4n) is 1.39. The van der Waals surface area contributed by atoms with E-state index in [1.165, 1.54) is 12.1 Å². The summed E-state index contributed by atoms with van der Waals surface area (Å²) in [7, 11) is 0. The van der Waals surface area contributed by atoms with Gasteiger partial charge in [-0.3, -0.25) is 0 Å². The van der Waals surface area contributed by atoms with Crippen LogP contribution in [0, 0.1) is 5.92 Å². The topological polar surface area (TPSA) is 40.5 Å². The molecule has 0 aliphatic carbocycles. The number of hydrogen-bond acceptors (Lipinski definition) is 2. The van der Waals surface area contributed by atoms with Crippen LogP contribution in [-0.4, -0.2) is 10.2 Å². The van der Waals surface area contributed by atoms with Crippen LogP contribution in [0.4, 0.5) is 0 Å². The smallest absolute Gasteiger partial charge is 0.122 e. The lowest BCUT2D eigenvalue weighted by Gasteiger charge is -2.15.